The van der Waals surface area contributed by atoms with Crippen LogP contribution in [-0.4, -0.2) is 15.9 Å². The number of carbonyl (C=O) groups excluding carboxylic acids is 1. The lowest BCUT2D eigenvalue weighted by atomic mass is 10.3. The summed E-state index contributed by atoms with van der Waals surface area (Å²) in [5.74, 6) is -0.553. The molecule has 1 N–H and O–H groups in total. The highest BCUT2D eigenvalue weighted by molar-refractivity contribution is 7.11. The first-order chi connectivity index (χ1) is 12.0. The van der Waals surface area contributed by atoms with Crippen LogP contribution < -0.4 is 10.1 Å². The first kappa shape index (κ1) is 17.1. The molecule has 0 aliphatic rings. The van der Waals surface area contributed by atoms with Crippen LogP contribution in [0.4, 0.5) is 4.39 Å². The number of rotatable bonds is 6. The van der Waals surface area contributed by atoms with Gasteiger partial charge in [0.2, 0.25) is 5.89 Å². The number of hydrogen-bond donors (Lipinski definition) is 1. The molecule has 0 aliphatic heterocycles. The molecular weight excluding hydrogens is 345 g/mol. The molecule has 3 aromatic rings. The molecule has 8 heteroatoms. The summed E-state index contributed by atoms with van der Waals surface area (Å²) in [7, 11) is 0. The van der Waals surface area contributed by atoms with Gasteiger partial charge in [0.25, 0.3) is 5.91 Å². The molecule has 0 fully saturated rings. The number of nitrogens with one attached hydrogen (secondary N) is 1. The molecule has 6 nitrogen and oxygen atoms in total. The Morgan fingerprint density at radius 2 is 2.12 bits per heavy atom. The normalized spacial score (nSPS) is 10.7. The van der Waals surface area contributed by atoms with Gasteiger partial charge in [0.15, 0.2) is 23.9 Å². The second-order valence-electron chi connectivity index (χ2n) is 5.28. The van der Waals surface area contributed by atoms with Crippen molar-refractivity contribution in [3.05, 3.63) is 63.5 Å². The van der Waals surface area contributed by atoms with E-state index >= 15 is 0 Å². The Bertz CT molecular complexity index is 871. The number of oxazole rings is 1. The molecule has 0 saturated heterocycles. The van der Waals surface area contributed by atoms with Gasteiger partial charge in [-0.25, -0.2) is 14.4 Å². The topological polar surface area (TPSA) is 77.2 Å². The van der Waals surface area contributed by atoms with Crippen molar-refractivity contribution in [3.63, 3.8) is 0 Å². The summed E-state index contributed by atoms with van der Waals surface area (Å²) in [6.45, 7) is 4.17. The van der Waals surface area contributed by atoms with Gasteiger partial charge in [0.05, 0.1) is 12.2 Å². The van der Waals surface area contributed by atoms with Crippen LogP contribution in [0, 0.1) is 19.7 Å². The third kappa shape index (κ3) is 4.21. The van der Waals surface area contributed by atoms with Gasteiger partial charge in [0.1, 0.15) is 11.3 Å². The number of amides is 1. The van der Waals surface area contributed by atoms with E-state index in [1.165, 1.54) is 29.7 Å². The van der Waals surface area contributed by atoms with Gasteiger partial charge in [-0.1, -0.05) is 12.1 Å². The van der Waals surface area contributed by atoms with E-state index in [0.29, 0.717) is 6.54 Å². The molecule has 25 heavy (non-hydrogen) atoms. The van der Waals surface area contributed by atoms with Gasteiger partial charge in [-0.2, -0.15) is 0 Å². The number of benzene rings is 1. The molecule has 1 aromatic carbocycles. The van der Waals surface area contributed by atoms with Crippen LogP contribution in [0.1, 0.15) is 32.0 Å². The fourth-order valence-corrected chi connectivity index (χ4v) is 2.92. The van der Waals surface area contributed by atoms with Crippen molar-refractivity contribution in [1.29, 1.82) is 0 Å². The van der Waals surface area contributed by atoms with Gasteiger partial charge in [-0.05, 0) is 26.0 Å². The van der Waals surface area contributed by atoms with Crippen LogP contribution in [0.15, 0.2) is 34.9 Å². The zero-order valence-electron chi connectivity index (χ0n) is 13.7. The molecule has 0 radical (unpaired) electrons. The molecule has 0 unspecified atom stereocenters. The average molecular weight is 361 g/mol. The van der Waals surface area contributed by atoms with Crippen molar-refractivity contribution in [2.45, 2.75) is 27.0 Å². The standard InChI is InChI=1S/C17H16FN3O3S/c1-10-11(2)25-16(20-10)7-19-17(22)13-8-24-15(21-13)9-23-14-6-4-3-5-12(14)18/h3-6,8H,7,9H2,1-2H3,(H,19,22). The fraction of sp³-hybridized carbons (Fsp3) is 0.235. The second kappa shape index (κ2) is 7.43. The Hall–Kier alpha value is -2.74. The van der Waals surface area contributed by atoms with Crippen molar-refractivity contribution in [2.75, 3.05) is 0 Å². The molecule has 0 atom stereocenters. The van der Waals surface area contributed by atoms with Crippen LogP contribution in [0.5, 0.6) is 5.75 Å². The first-order valence-electron chi connectivity index (χ1n) is 7.56. The second-order valence-corrected chi connectivity index (χ2v) is 6.57. The predicted molar refractivity (Wildman–Crippen MR) is 90.0 cm³/mol. The van der Waals surface area contributed by atoms with E-state index in [1.807, 2.05) is 13.8 Å². The highest BCUT2D eigenvalue weighted by atomic mass is 32.1. The summed E-state index contributed by atoms with van der Waals surface area (Å²) >= 11 is 1.54. The smallest absolute Gasteiger partial charge is 0.273 e. The van der Waals surface area contributed by atoms with Crippen molar-refractivity contribution < 1.29 is 18.3 Å². The van der Waals surface area contributed by atoms with E-state index in [2.05, 4.69) is 15.3 Å². The third-order valence-electron chi connectivity index (χ3n) is 3.45. The zero-order valence-corrected chi connectivity index (χ0v) is 14.5. The highest BCUT2D eigenvalue weighted by Gasteiger charge is 2.14. The van der Waals surface area contributed by atoms with Crippen LogP contribution in [-0.2, 0) is 13.2 Å². The minimum absolute atomic E-state index is 0.0704. The van der Waals surface area contributed by atoms with Crippen LogP contribution >= 0.6 is 11.3 Å². The number of nitrogens with zero attached hydrogens (tertiary/aromatic N) is 2. The lowest BCUT2D eigenvalue weighted by Gasteiger charge is -2.03. The molecule has 1 amide bonds. The van der Waals surface area contributed by atoms with E-state index < -0.39 is 5.82 Å². The van der Waals surface area contributed by atoms with Crippen molar-refractivity contribution in [3.8, 4) is 5.75 Å². The van der Waals surface area contributed by atoms with Crippen LogP contribution in [0.3, 0.4) is 0 Å². The summed E-state index contributed by atoms with van der Waals surface area (Å²) in [4.78, 5) is 21.6. The van der Waals surface area contributed by atoms with Gasteiger partial charge in [0, 0.05) is 4.88 Å². The Morgan fingerprint density at radius 1 is 1.32 bits per heavy atom. The number of para-hydroxylation sites is 1. The molecule has 0 aliphatic carbocycles. The number of ether oxygens (including phenoxy) is 1. The number of aryl methyl sites for hydroxylation is 2. The van der Waals surface area contributed by atoms with Crippen molar-refractivity contribution >= 4 is 17.2 Å². The summed E-state index contributed by atoms with van der Waals surface area (Å²) in [6.07, 6.45) is 1.24. The molecule has 0 spiro atoms. The monoisotopic (exact) mass is 361 g/mol. The Morgan fingerprint density at radius 3 is 2.84 bits per heavy atom. The maximum absolute atomic E-state index is 13.5. The van der Waals surface area contributed by atoms with Crippen molar-refractivity contribution in [1.82, 2.24) is 15.3 Å². The molecule has 3 rings (SSSR count). The number of halogens is 1. The fourth-order valence-electron chi connectivity index (χ4n) is 2.04. The lowest BCUT2D eigenvalue weighted by molar-refractivity contribution is 0.0945. The quantitative estimate of drug-likeness (QED) is 0.728. The summed E-state index contributed by atoms with van der Waals surface area (Å²) in [6, 6.07) is 6.03. The lowest BCUT2D eigenvalue weighted by Crippen LogP contribution is -2.23. The highest BCUT2D eigenvalue weighted by Crippen LogP contribution is 2.18. The van der Waals surface area contributed by atoms with E-state index in [-0.39, 0.29) is 29.8 Å². The van der Waals surface area contributed by atoms with Crippen LogP contribution in [0.25, 0.3) is 0 Å². The third-order valence-corrected chi connectivity index (χ3v) is 4.52. The molecular formula is C17H16FN3O3S. The van der Waals surface area contributed by atoms with Gasteiger partial charge < -0.3 is 14.5 Å². The first-order valence-corrected chi connectivity index (χ1v) is 8.37. The minimum Gasteiger partial charge on any atom is -0.481 e. The summed E-state index contributed by atoms with van der Waals surface area (Å²) in [5.41, 5.74) is 1.10. The zero-order chi connectivity index (χ0) is 17.8. The van der Waals surface area contributed by atoms with E-state index in [0.717, 1.165) is 15.6 Å². The molecule has 0 bridgehead atoms. The van der Waals surface area contributed by atoms with Gasteiger partial charge >= 0.3 is 0 Å². The van der Waals surface area contributed by atoms with Crippen molar-refractivity contribution in [2.24, 2.45) is 0 Å². The SMILES string of the molecule is Cc1nc(CNC(=O)c2coc(COc3ccccc3F)n2)sc1C. The Kier molecular flexibility index (Phi) is 5.08. The molecule has 2 heterocycles. The van der Waals surface area contributed by atoms with E-state index in [1.54, 1.807) is 12.1 Å². The molecule has 2 aromatic heterocycles. The molecule has 130 valence electrons. The predicted octanol–water partition coefficient (Wildman–Crippen LogP) is 3.40. The summed E-state index contributed by atoms with van der Waals surface area (Å²) < 4.78 is 24.0. The number of thiazole rings is 1. The molecule has 0 saturated carbocycles. The van der Waals surface area contributed by atoms with Crippen LogP contribution in [0.2, 0.25) is 0 Å². The number of aromatic nitrogens is 2. The number of carbonyl (C=O) groups is 1. The maximum Gasteiger partial charge on any atom is 0.273 e. The van der Waals surface area contributed by atoms with E-state index in [4.69, 9.17) is 9.15 Å². The largest absolute Gasteiger partial charge is 0.481 e. The van der Waals surface area contributed by atoms with Gasteiger partial charge in [-0.3, -0.25) is 4.79 Å². The van der Waals surface area contributed by atoms with Gasteiger partial charge in [-0.15, -0.1) is 11.3 Å². The minimum atomic E-state index is -0.471. The van der Waals surface area contributed by atoms with E-state index in [9.17, 15) is 9.18 Å². The summed E-state index contributed by atoms with van der Waals surface area (Å²) in [5, 5.41) is 3.57. The number of hydrogen-bond acceptors (Lipinski definition) is 6. The average Bonchev–Trinajstić information content (AvgIpc) is 3.19. The maximum atomic E-state index is 13.5. The Labute approximate surface area is 147 Å². The Balaban J connectivity index is 1.55.